The molecule has 0 atom stereocenters. The van der Waals surface area contributed by atoms with E-state index in [1.165, 1.54) is 85.7 Å². The molecule has 6 N–H and O–H groups in total. The van der Waals surface area contributed by atoms with Gasteiger partial charge >= 0.3 is 0 Å². The van der Waals surface area contributed by atoms with Gasteiger partial charge in [0.2, 0.25) is 30.1 Å². The average molecular weight is 1770 g/mol. The zero-order valence-electron chi connectivity index (χ0n) is 68.8. The summed E-state index contributed by atoms with van der Waals surface area (Å²) >= 11 is 0. The van der Waals surface area contributed by atoms with Gasteiger partial charge in [0.15, 0.2) is 27.2 Å². The van der Waals surface area contributed by atoms with Crippen LogP contribution in [0.15, 0.2) is 371 Å². The van der Waals surface area contributed by atoms with Crippen LogP contribution in [0, 0.1) is 0 Å². The maximum absolute atomic E-state index is 12.7. The van der Waals surface area contributed by atoms with Crippen molar-refractivity contribution in [2.24, 2.45) is 0 Å². The highest BCUT2D eigenvalue weighted by Gasteiger charge is 2.23. The first-order valence-electron chi connectivity index (χ1n) is 39.0. The number of nitrogens with one attached hydrogen (secondary N) is 4. The predicted molar refractivity (Wildman–Crippen MR) is 483 cm³/mol. The second-order valence-electron chi connectivity index (χ2n) is 28.5. The summed E-state index contributed by atoms with van der Waals surface area (Å²) in [7, 11) is -14.1. The summed E-state index contributed by atoms with van der Waals surface area (Å²) in [5, 5.41) is 16.7. The topological polar surface area (TPSA) is 371 Å². The summed E-state index contributed by atoms with van der Waals surface area (Å²) < 4.78 is 142. The van der Waals surface area contributed by atoms with E-state index < -0.39 is 49.9 Å². The SMILES string of the molecule is CC(=O)c1cccc(S(=O)(=O)NCc2ccccc2-c2ccc(CN(C)C)cc2)c1.CC(=O)c1cccc(S(=O)(=O)NCc2ccccc2-n2cccn2)c1.CC(=O)c1cccc(S(=O)(=O)NCc2ccccc2Cn2cccn2)c1.Nc1ccc(S(=O)(=O)Nc2ccnn2-c2ccccc2)cc1.O=S(=O)(CCc1ccccc1-n1cccn1)c1ccccc1. The Balaban J connectivity index is 0.000000153. The van der Waals surface area contributed by atoms with E-state index in [4.69, 9.17) is 5.73 Å². The smallest absolute Gasteiger partial charge is 0.263 e. The van der Waals surface area contributed by atoms with Crippen molar-refractivity contribution < 1.29 is 56.5 Å². The fourth-order valence-corrected chi connectivity index (χ4v) is 18.1. The van der Waals surface area contributed by atoms with Gasteiger partial charge in [0.1, 0.15) is 5.82 Å². The number of hydrogen-bond acceptors (Lipinski definition) is 19. The van der Waals surface area contributed by atoms with E-state index in [9.17, 15) is 56.5 Å². The van der Waals surface area contributed by atoms with Crippen LogP contribution >= 0.6 is 0 Å². The van der Waals surface area contributed by atoms with Crippen molar-refractivity contribution in [2.75, 3.05) is 30.3 Å². The van der Waals surface area contributed by atoms with Crippen LogP contribution < -0.4 is 24.6 Å². The molecular weight excluding hydrogens is 1680 g/mol. The zero-order valence-corrected chi connectivity index (χ0v) is 72.9. The number of sulfonamides is 4. The van der Waals surface area contributed by atoms with Gasteiger partial charge in [-0.3, -0.25) is 23.8 Å². The number of para-hydroxylation sites is 3. The van der Waals surface area contributed by atoms with E-state index >= 15 is 0 Å². The van der Waals surface area contributed by atoms with Gasteiger partial charge in [-0.2, -0.15) is 20.4 Å². The van der Waals surface area contributed by atoms with Gasteiger partial charge in [-0.25, -0.2) is 70.3 Å². The van der Waals surface area contributed by atoms with Gasteiger partial charge in [0, 0.05) is 91.8 Å². The van der Waals surface area contributed by atoms with Gasteiger partial charge in [0.25, 0.3) is 10.0 Å². The van der Waals surface area contributed by atoms with E-state index in [2.05, 4.69) is 68.4 Å². The minimum absolute atomic E-state index is 0.0665. The molecule has 0 unspecified atom stereocenters. The molecule has 0 amide bonds. The standard InChI is InChI=1S/C24H26N2O3S.C19H19N3O3S.C18H17N3O3S.C17H16N2O2S.C15H14N4O2S/c1-18(27)21-8-6-9-23(15-21)30(28,29)25-16-22-7-4-5-10-24(22)20-13-11-19(12-14-20)17-26(2)3;1-15(23)16-8-4-9-19(12-16)26(24,25)21-13-17-6-2-3-7-18(17)14-22-11-5-10-20-22;1-14(22)15-7-4-8-17(12-15)25(23,24)20-13-16-6-2-3-9-18(16)21-11-5-10-19-21;20-22(21,16-8-2-1-3-9-16)14-11-15-7-4-5-10-17(15)19-13-6-12-18-19;16-12-6-8-14(9-7-12)22(20,21)18-15-10-11-17-19(15)13-4-2-1-3-5-13/h4-15,25H,16-17H2,1-3H3;2-12,21H,13-14H2,1H3;2-12,20H,13H2,1H3;1-10,12-13H,11,14H2;1-11,18H,16H2. The lowest BCUT2D eigenvalue weighted by Gasteiger charge is -2.13. The van der Waals surface area contributed by atoms with Crippen molar-refractivity contribution in [3.63, 3.8) is 0 Å². The zero-order chi connectivity index (χ0) is 89.2. The number of sulfone groups is 1. The number of carbonyl (C=O) groups is 3. The molecule has 0 aliphatic heterocycles. The Morgan fingerprint density at radius 1 is 0.376 bits per heavy atom. The van der Waals surface area contributed by atoms with Crippen LogP contribution in [-0.2, 0) is 89.1 Å². The molecule has 0 radical (unpaired) electrons. The number of benzene rings is 11. The van der Waals surface area contributed by atoms with Crippen molar-refractivity contribution in [3.05, 3.63) is 397 Å². The van der Waals surface area contributed by atoms with Crippen molar-refractivity contribution in [3.8, 4) is 28.2 Å². The molecule has 4 heterocycles. The lowest BCUT2D eigenvalue weighted by atomic mass is 9.99. The first kappa shape index (κ1) is 92.2. The number of nitrogens with two attached hydrogens (primary N) is 1. The molecule has 11 aromatic carbocycles. The highest BCUT2D eigenvalue weighted by Crippen LogP contribution is 2.28. The van der Waals surface area contributed by atoms with Crippen LogP contribution in [0.4, 0.5) is 11.5 Å². The molecule has 0 saturated heterocycles. The molecule has 0 aliphatic rings. The Morgan fingerprint density at radius 2 is 0.808 bits per heavy atom. The molecule has 642 valence electrons. The van der Waals surface area contributed by atoms with Crippen LogP contribution in [-0.4, -0.2) is 123 Å². The van der Waals surface area contributed by atoms with E-state index in [0.29, 0.717) is 46.1 Å². The molecule has 125 heavy (non-hydrogen) atoms. The Labute approximate surface area is 728 Å². The summed E-state index contributed by atoms with van der Waals surface area (Å²) in [6.07, 6.45) is 12.6. The molecule has 0 fully saturated rings. The summed E-state index contributed by atoms with van der Waals surface area (Å²) in [5.41, 5.74) is 17.4. The Bertz CT molecular complexity index is 6750. The van der Waals surface area contributed by atoms with Crippen LogP contribution in [0.25, 0.3) is 28.2 Å². The number of anilines is 2. The fourth-order valence-electron chi connectivity index (χ4n) is 12.6. The molecule has 4 aromatic heterocycles. The number of ketones is 3. The molecule has 32 heteroatoms. The maximum Gasteiger partial charge on any atom is 0.263 e. The number of Topliss-reactive ketones (excluding diaryl/α,β-unsaturated/α-hetero) is 3. The van der Waals surface area contributed by atoms with Crippen LogP contribution in [0.5, 0.6) is 0 Å². The number of hydrogen-bond donors (Lipinski definition) is 5. The molecule has 27 nitrogen and oxygen atoms in total. The van der Waals surface area contributed by atoms with Crippen LogP contribution in [0.1, 0.15) is 85.2 Å². The monoisotopic (exact) mass is 1770 g/mol. The van der Waals surface area contributed by atoms with Crippen LogP contribution in [0.3, 0.4) is 0 Å². The molecule has 0 aliphatic carbocycles. The number of carbonyl (C=O) groups excluding carboxylic acids is 3. The minimum atomic E-state index is -3.74. The lowest BCUT2D eigenvalue weighted by Crippen LogP contribution is -2.24. The van der Waals surface area contributed by atoms with Gasteiger partial charge in [0.05, 0.1) is 60.0 Å². The van der Waals surface area contributed by atoms with Crippen molar-refractivity contribution in [1.82, 2.24) is 58.2 Å². The van der Waals surface area contributed by atoms with Gasteiger partial charge in [-0.05, 0) is 201 Å². The molecular formula is C93H92N14O13S5. The van der Waals surface area contributed by atoms with Crippen molar-refractivity contribution in [2.45, 2.75) is 84.4 Å². The van der Waals surface area contributed by atoms with Crippen LogP contribution in [0.2, 0.25) is 0 Å². The third kappa shape index (κ3) is 26.3. The first-order chi connectivity index (χ1) is 59.9. The lowest BCUT2D eigenvalue weighted by molar-refractivity contribution is 0.100. The highest BCUT2D eigenvalue weighted by molar-refractivity contribution is 7.93. The Morgan fingerprint density at radius 3 is 1.30 bits per heavy atom. The number of nitrogen functional groups attached to an aromatic ring is 1. The summed E-state index contributed by atoms with van der Waals surface area (Å²) in [6, 6.07) is 87.8. The number of aryl methyl sites for hydroxylation is 1. The molecule has 0 bridgehead atoms. The van der Waals surface area contributed by atoms with Gasteiger partial charge in [-0.15, -0.1) is 0 Å². The third-order valence-electron chi connectivity index (χ3n) is 19.1. The maximum atomic E-state index is 12.7. The predicted octanol–water partition coefficient (Wildman–Crippen LogP) is 14.4. The quantitative estimate of drug-likeness (QED) is 0.0206. The van der Waals surface area contributed by atoms with Gasteiger partial charge in [-0.1, -0.05) is 182 Å². The number of rotatable bonds is 30. The third-order valence-corrected chi connectivity index (χ3v) is 26.4. The van der Waals surface area contributed by atoms with E-state index in [1.807, 2.05) is 172 Å². The first-order valence-corrected chi connectivity index (χ1v) is 46.6. The van der Waals surface area contributed by atoms with E-state index in [1.54, 1.807) is 124 Å². The van der Waals surface area contributed by atoms with E-state index in [0.717, 1.165) is 62.6 Å². The second-order valence-corrected chi connectivity index (χ2v) is 37.6. The summed E-state index contributed by atoms with van der Waals surface area (Å²) in [6.45, 7) is 6.07. The number of nitrogens with zero attached hydrogens (tertiary/aromatic N) is 9. The van der Waals surface area contributed by atoms with Crippen molar-refractivity contribution >= 4 is 78.8 Å². The Kier molecular flexibility index (Phi) is 31.7. The summed E-state index contributed by atoms with van der Waals surface area (Å²) in [5.74, 6) is -0.0826. The highest BCUT2D eigenvalue weighted by atomic mass is 32.2. The van der Waals surface area contributed by atoms with E-state index in [-0.39, 0.29) is 62.3 Å². The summed E-state index contributed by atoms with van der Waals surface area (Å²) in [4.78, 5) is 37.3. The molecule has 15 aromatic rings. The molecule has 0 spiro atoms. The van der Waals surface area contributed by atoms with Gasteiger partial charge < -0.3 is 10.6 Å². The normalized spacial score (nSPS) is 11.4. The molecule has 15 rings (SSSR count). The fraction of sp³-hybridized carbons (Fsp3) is 0.129. The largest absolute Gasteiger partial charge is 0.399 e. The van der Waals surface area contributed by atoms with Crippen molar-refractivity contribution in [1.29, 1.82) is 0 Å². The Hall–Kier alpha value is -13.5. The molecule has 0 saturated carbocycles. The average Bonchev–Trinajstić information content (AvgIpc) is 1.34. The number of aromatic nitrogens is 8. The second kappa shape index (κ2) is 43.0. The minimum Gasteiger partial charge on any atom is -0.399 e.